The first-order valence-electron chi connectivity index (χ1n) is 10.3. The summed E-state index contributed by atoms with van der Waals surface area (Å²) in [6, 6.07) is 7.28. The van der Waals surface area contributed by atoms with Crippen LogP contribution in [-0.4, -0.2) is 34.7 Å². The number of carbonyl (C=O) groups is 1. The van der Waals surface area contributed by atoms with Crippen molar-refractivity contribution in [2.75, 3.05) is 14.2 Å². The Bertz CT molecular complexity index is 1190. The van der Waals surface area contributed by atoms with Crippen LogP contribution in [0.3, 0.4) is 0 Å². The first-order valence-corrected chi connectivity index (χ1v) is 10.3. The summed E-state index contributed by atoms with van der Waals surface area (Å²) in [5.41, 5.74) is 3.10. The number of amides is 1. The Hall–Kier alpha value is -3.42. The minimum Gasteiger partial charge on any atom is -0.497 e. The quantitative estimate of drug-likeness (QED) is 0.655. The van der Waals surface area contributed by atoms with Crippen molar-refractivity contribution in [3.63, 3.8) is 0 Å². The molecule has 8 nitrogen and oxygen atoms in total. The van der Waals surface area contributed by atoms with Gasteiger partial charge in [-0.3, -0.25) is 14.2 Å². The molecule has 0 aliphatic heterocycles. The van der Waals surface area contributed by atoms with Crippen LogP contribution in [0.2, 0.25) is 0 Å². The van der Waals surface area contributed by atoms with Crippen LogP contribution in [0.5, 0.6) is 11.5 Å². The van der Waals surface area contributed by atoms with E-state index in [4.69, 9.17) is 9.47 Å². The summed E-state index contributed by atoms with van der Waals surface area (Å²) in [5.74, 6) is 1.60. The molecule has 1 aliphatic rings. The van der Waals surface area contributed by atoms with Crippen LogP contribution in [0.25, 0.3) is 11.0 Å². The van der Waals surface area contributed by atoms with Gasteiger partial charge in [0.15, 0.2) is 5.65 Å². The van der Waals surface area contributed by atoms with Crippen LogP contribution in [0.4, 0.5) is 0 Å². The number of ether oxygens (including phenoxy) is 2. The smallest absolute Gasteiger partial charge is 0.263 e. The SMILES string of the molecule is COc1ccc(OC)c(CNC(=O)Cn2cnc3nc4c(cc3c2=O)C[C@@H](C)CC4)c1. The number of carbonyl (C=O) groups excluding carboxylic acids is 1. The second-order valence-electron chi connectivity index (χ2n) is 7.95. The maximum atomic E-state index is 13.0. The highest BCUT2D eigenvalue weighted by Gasteiger charge is 2.19. The molecule has 1 atom stereocenters. The summed E-state index contributed by atoms with van der Waals surface area (Å²) in [6.45, 7) is 2.33. The van der Waals surface area contributed by atoms with E-state index in [2.05, 4.69) is 22.2 Å². The summed E-state index contributed by atoms with van der Waals surface area (Å²) < 4.78 is 11.9. The van der Waals surface area contributed by atoms with Crippen molar-refractivity contribution in [1.82, 2.24) is 19.9 Å². The molecule has 3 aromatic rings. The summed E-state index contributed by atoms with van der Waals surface area (Å²) in [4.78, 5) is 34.4. The molecule has 1 aliphatic carbocycles. The van der Waals surface area contributed by atoms with Crippen LogP contribution in [0, 0.1) is 5.92 Å². The molecular weight excluding hydrogens is 396 g/mol. The first-order chi connectivity index (χ1) is 15.0. The number of nitrogens with zero attached hydrogens (tertiary/aromatic N) is 3. The normalized spacial score (nSPS) is 15.4. The zero-order chi connectivity index (χ0) is 22.0. The number of aromatic nitrogens is 3. The van der Waals surface area contributed by atoms with Crippen LogP contribution in [0.1, 0.15) is 30.2 Å². The number of methoxy groups -OCH3 is 2. The molecule has 0 bridgehead atoms. The summed E-state index contributed by atoms with van der Waals surface area (Å²) in [5, 5.41) is 3.28. The Morgan fingerprint density at radius 3 is 2.87 bits per heavy atom. The molecule has 4 rings (SSSR count). The van der Waals surface area contributed by atoms with Gasteiger partial charge in [0.2, 0.25) is 5.91 Å². The minimum absolute atomic E-state index is 0.123. The topological polar surface area (TPSA) is 95.3 Å². The highest BCUT2D eigenvalue weighted by molar-refractivity contribution is 5.77. The largest absolute Gasteiger partial charge is 0.497 e. The number of nitrogens with one attached hydrogen (secondary N) is 1. The number of aryl methyl sites for hydroxylation is 1. The van der Waals surface area contributed by atoms with Gasteiger partial charge in [0.1, 0.15) is 24.4 Å². The average Bonchev–Trinajstić information content (AvgIpc) is 2.78. The maximum Gasteiger partial charge on any atom is 0.263 e. The van der Waals surface area contributed by atoms with E-state index in [0.717, 1.165) is 36.1 Å². The molecule has 1 aromatic carbocycles. The lowest BCUT2D eigenvalue weighted by atomic mass is 9.87. The lowest BCUT2D eigenvalue weighted by Crippen LogP contribution is -2.32. The number of benzene rings is 1. The van der Waals surface area contributed by atoms with Crippen molar-refractivity contribution in [2.24, 2.45) is 5.92 Å². The van der Waals surface area contributed by atoms with Crippen LogP contribution < -0.4 is 20.3 Å². The lowest BCUT2D eigenvalue weighted by Gasteiger charge is -2.20. The minimum atomic E-state index is -0.298. The standard InChI is InChI=1S/C23H26N4O4/c1-14-4-6-19-15(8-14)10-18-22(26-19)25-13-27(23(18)29)12-21(28)24-11-16-9-17(30-2)5-7-20(16)31-3/h5,7,9-10,13-14H,4,6,8,11-12H2,1-3H3,(H,24,28)/t14-/m0/s1. The molecule has 1 amide bonds. The molecule has 0 saturated heterocycles. The average molecular weight is 422 g/mol. The van der Waals surface area contributed by atoms with Gasteiger partial charge in [-0.1, -0.05) is 6.92 Å². The third-order valence-electron chi connectivity index (χ3n) is 5.70. The second-order valence-corrected chi connectivity index (χ2v) is 7.95. The summed E-state index contributed by atoms with van der Waals surface area (Å²) in [6.07, 6.45) is 4.31. The number of hydrogen-bond donors (Lipinski definition) is 1. The molecule has 0 saturated carbocycles. The van der Waals surface area contributed by atoms with Gasteiger partial charge in [0.25, 0.3) is 5.56 Å². The van der Waals surface area contributed by atoms with Gasteiger partial charge < -0.3 is 14.8 Å². The summed E-state index contributed by atoms with van der Waals surface area (Å²) in [7, 11) is 3.15. The Morgan fingerprint density at radius 2 is 2.10 bits per heavy atom. The molecular formula is C23H26N4O4. The monoisotopic (exact) mass is 422 g/mol. The first kappa shape index (κ1) is 20.8. The van der Waals surface area contributed by atoms with Gasteiger partial charge in [-0.2, -0.15) is 0 Å². The van der Waals surface area contributed by atoms with E-state index in [-0.39, 0.29) is 24.6 Å². The Balaban J connectivity index is 1.51. The molecule has 0 unspecified atom stereocenters. The van der Waals surface area contributed by atoms with Crippen LogP contribution in [-0.2, 0) is 30.7 Å². The fourth-order valence-electron chi connectivity index (χ4n) is 3.96. The van der Waals surface area contributed by atoms with E-state index in [1.807, 2.05) is 6.07 Å². The predicted molar refractivity (Wildman–Crippen MR) is 116 cm³/mol. The fraction of sp³-hybridized carbons (Fsp3) is 0.391. The van der Waals surface area contributed by atoms with Gasteiger partial charge in [-0.05, 0) is 55.0 Å². The predicted octanol–water partition coefficient (Wildman–Crippen LogP) is 2.25. The molecule has 0 fully saturated rings. The molecule has 31 heavy (non-hydrogen) atoms. The number of rotatable bonds is 6. The van der Waals surface area contributed by atoms with Crippen LogP contribution >= 0.6 is 0 Å². The van der Waals surface area contributed by atoms with E-state index < -0.39 is 0 Å². The van der Waals surface area contributed by atoms with E-state index >= 15 is 0 Å². The van der Waals surface area contributed by atoms with Crippen molar-refractivity contribution >= 4 is 16.9 Å². The van der Waals surface area contributed by atoms with Gasteiger partial charge in [-0.15, -0.1) is 0 Å². The van der Waals surface area contributed by atoms with E-state index in [1.54, 1.807) is 32.4 Å². The lowest BCUT2D eigenvalue weighted by molar-refractivity contribution is -0.121. The van der Waals surface area contributed by atoms with Crippen molar-refractivity contribution in [3.05, 3.63) is 57.8 Å². The third-order valence-corrected chi connectivity index (χ3v) is 5.70. The zero-order valence-electron chi connectivity index (χ0n) is 18.0. The van der Waals surface area contributed by atoms with Crippen LogP contribution in [0.15, 0.2) is 35.4 Å². The van der Waals surface area contributed by atoms with Gasteiger partial charge >= 0.3 is 0 Å². The Labute approximate surface area is 180 Å². The molecule has 8 heteroatoms. The van der Waals surface area contributed by atoms with E-state index in [9.17, 15) is 9.59 Å². The second kappa shape index (κ2) is 8.75. The molecule has 0 spiro atoms. The molecule has 2 aromatic heterocycles. The van der Waals surface area contributed by atoms with Crippen molar-refractivity contribution in [2.45, 2.75) is 39.3 Å². The maximum absolute atomic E-state index is 13.0. The van der Waals surface area contributed by atoms with Gasteiger partial charge in [0.05, 0.1) is 19.6 Å². The molecule has 0 radical (unpaired) electrons. The Kier molecular flexibility index (Phi) is 5.88. The molecule has 2 heterocycles. The van der Waals surface area contributed by atoms with E-state index in [1.165, 1.54) is 10.9 Å². The highest BCUT2D eigenvalue weighted by atomic mass is 16.5. The number of fused-ring (bicyclic) bond motifs is 2. The zero-order valence-corrected chi connectivity index (χ0v) is 18.0. The fourth-order valence-corrected chi connectivity index (χ4v) is 3.96. The van der Waals surface area contributed by atoms with E-state index in [0.29, 0.717) is 28.5 Å². The van der Waals surface area contributed by atoms with Crippen molar-refractivity contribution in [3.8, 4) is 11.5 Å². The van der Waals surface area contributed by atoms with Crippen molar-refractivity contribution in [1.29, 1.82) is 0 Å². The van der Waals surface area contributed by atoms with Gasteiger partial charge in [-0.25, -0.2) is 9.97 Å². The van der Waals surface area contributed by atoms with Crippen molar-refractivity contribution < 1.29 is 14.3 Å². The summed E-state index contributed by atoms with van der Waals surface area (Å²) >= 11 is 0. The van der Waals surface area contributed by atoms with Gasteiger partial charge in [0, 0.05) is 17.8 Å². The number of hydrogen-bond acceptors (Lipinski definition) is 6. The highest BCUT2D eigenvalue weighted by Crippen LogP contribution is 2.26. The molecule has 162 valence electrons. The third kappa shape index (κ3) is 4.38. The number of pyridine rings is 1. The molecule has 1 N–H and O–H groups in total. The Morgan fingerprint density at radius 1 is 1.26 bits per heavy atom.